The molecule has 2 N–H and O–H groups in total. The first-order valence-corrected chi connectivity index (χ1v) is 7.13. The second kappa shape index (κ2) is 5.55. The van der Waals surface area contributed by atoms with Crippen LogP contribution in [-0.2, 0) is 0 Å². The van der Waals surface area contributed by atoms with Gasteiger partial charge in [-0.2, -0.15) is 0 Å². The first-order valence-electron chi connectivity index (χ1n) is 5.13. The number of aliphatic hydroxyl groups is 1. The second-order valence-electron chi connectivity index (χ2n) is 4.69. The summed E-state index contributed by atoms with van der Waals surface area (Å²) in [6, 6.07) is 0.463. The molecule has 1 fully saturated rings. The molecule has 88 valence electrons. The van der Waals surface area contributed by atoms with Gasteiger partial charge >= 0.3 is 0 Å². The van der Waals surface area contributed by atoms with Gasteiger partial charge in [-0.05, 0) is 6.92 Å². The van der Waals surface area contributed by atoms with Crippen molar-refractivity contribution < 1.29 is 5.11 Å². The van der Waals surface area contributed by atoms with E-state index in [1.54, 1.807) is 11.8 Å². The van der Waals surface area contributed by atoms with Crippen LogP contribution in [0.15, 0.2) is 4.99 Å². The molecule has 1 rings (SSSR count). The summed E-state index contributed by atoms with van der Waals surface area (Å²) < 4.78 is 0. The number of aliphatic hydroxyl groups excluding tert-OH is 1. The van der Waals surface area contributed by atoms with E-state index in [0.29, 0.717) is 17.8 Å². The molecule has 0 aromatic rings. The lowest BCUT2D eigenvalue weighted by molar-refractivity contribution is 0.167. The van der Waals surface area contributed by atoms with Crippen LogP contribution in [0.2, 0.25) is 0 Å². The maximum absolute atomic E-state index is 9.11. The Kier molecular flexibility index (Phi) is 4.93. The van der Waals surface area contributed by atoms with Crippen molar-refractivity contribution in [2.75, 3.05) is 18.5 Å². The first-order chi connectivity index (χ1) is 6.98. The Morgan fingerprint density at radius 3 is 2.73 bits per heavy atom. The maximum atomic E-state index is 9.11. The molecule has 5 heteroatoms. The number of aliphatic imine (C=N–C) groups is 1. The van der Waals surface area contributed by atoms with E-state index in [4.69, 9.17) is 5.11 Å². The number of amidine groups is 1. The summed E-state index contributed by atoms with van der Waals surface area (Å²) in [6.07, 6.45) is 0. The van der Waals surface area contributed by atoms with Gasteiger partial charge in [-0.25, -0.2) is 0 Å². The quantitative estimate of drug-likeness (QED) is 0.778. The summed E-state index contributed by atoms with van der Waals surface area (Å²) in [5.74, 6) is 0. The Balaban J connectivity index is 2.49. The minimum atomic E-state index is -0.120. The number of hydrogen-bond acceptors (Lipinski definition) is 3. The zero-order valence-corrected chi connectivity index (χ0v) is 11.9. The number of halogens is 1. The molecule has 0 bridgehead atoms. The lowest BCUT2D eigenvalue weighted by Crippen LogP contribution is -2.29. The molecule has 2 unspecified atom stereocenters. The van der Waals surface area contributed by atoms with Gasteiger partial charge in [0.2, 0.25) is 0 Å². The van der Waals surface area contributed by atoms with Gasteiger partial charge in [-0.1, -0.05) is 41.5 Å². The number of thioether (sulfide) groups is 1. The number of rotatable bonds is 4. The average molecular weight is 295 g/mol. The van der Waals surface area contributed by atoms with Crippen LogP contribution in [0.3, 0.4) is 0 Å². The molecule has 1 saturated heterocycles. The third-order valence-corrected chi connectivity index (χ3v) is 4.88. The van der Waals surface area contributed by atoms with Crippen molar-refractivity contribution in [3.05, 3.63) is 0 Å². The highest BCUT2D eigenvalue weighted by Gasteiger charge is 2.27. The van der Waals surface area contributed by atoms with Crippen molar-refractivity contribution in [1.29, 1.82) is 0 Å². The topological polar surface area (TPSA) is 44.6 Å². The van der Waals surface area contributed by atoms with Gasteiger partial charge in [0.15, 0.2) is 5.17 Å². The van der Waals surface area contributed by atoms with Crippen LogP contribution in [0, 0.1) is 5.41 Å². The number of hydrogen-bond donors (Lipinski definition) is 2. The molecule has 0 spiro atoms. The molecule has 0 amide bonds. The van der Waals surface area contributed by atoms with E-state index >= 15 is 0 Å². The van der Waals surface area contributed by atoms with Crippen molar-refractivity contribution in [2.24, 2.45) is 10.4 Å². The Bertz CT molecular complexity index is 246. The fourth-order valence-corrected chi connectivity index (χ4v) is 3.12. The smallest absolute Gasteiger partial charge is 0.157 e. The molecule has 0 aromatic heterocycles. The molecule has 1 heterocycles. The van der Waals surface area contributed by atoms with E-state index < -0.39 is 0 Å². The highest BCUT2D eigenvalue weighted by Crippen LogP contribution is 2.25. The summed E-state index contributed by atoms with van der Waals surface area (Å²) >= 11 is 5.27. The minimum Gasteiger partial charge on any atom is -0.396 e. The van der Waals surface area contributed by atoms with Crippen molar-refractivity contribution in [3.63, 3.8) is 0 Å². The van der Waals surface area contributed by atoms with Crippen LogP contribution in [0.25, 0.3) is 0 Å². The molecular weight excluding hydrogens is 276 g/mol. The molecule has 1 aliphatic heterocycles. The third kappa shape index (κ3) is 3.96. The van der Waals surface area contributed by atoms with Gasteiger partial charge in [0.25, 0.3) is 0 Å². The monoisotopic (exact) mass is 294 g/mol. The predicted molar refractivity (Wildman–Crippen MR) is 70.9 cm³/mol. The van der Waals surface area contributed by atoms with E-state index in [9.17, 15) is 0 Å². The number of nitrogens with zero attached hydrogens (tertiary/aromatic N) is 1. The number of nitrogens with one attached hydrogen (secondary N) is 1. The second-order valence-corrected chi connectivity index (χ2v) is 6.56. The lowest BCUT2D eigenvalue weighted by atomic mass is 9.95. The summed E-state index contributed by atoms with van der Waals surface area (Å²) in [4.78, 5) is 4.50. The fourth-order valence-electron chi connectivity index (χ4n) is 1.15. The van der Waals surface area contributed by atoms with Gasteiger partial charge in [-0.3, -0.25) is 4.99 Å². The highest BCUT2D eigenvalue weighted by molar-refractivity contribution is 9.09. The van der Waals surface area contributed by atoms with Gasteiger partial charge < -0.3 is 10.4 Å². The molecule has 2 atom stereocenters. The lowest BCUT2D eigenvalue weighted by Gasteiger charge is -2.18. The Hall–Kier alpha value is 0.260. The third-order valence-electron chi connectivity index (χ3n) is 2.40. The molecule has 0 aromatic carbocycles. The van der Waals surface area contributed by atoms with E-state index in [2.05, 4.69) is 33.2 Å². The van der Waals surface area contributed by atoms with Crippen LogP contribution >= 0.6 is 27.7 Å². The Labute approximate surface area is 104 Å². The van der Waals surface area contributed by atoms with E-state index in [-0.39, 0.29) is 12.0 Å². The van der Waals surface area contributed by atoms with Gasteiger partial charge in [0, 0.05) is 35.2 Å². The standard InChI is InChI=1S/C10H19BrN2OS/c1-7-8(4-11)15-9(13-7)12-5-10(2,3)6-14/h7-8,14H,4-6H2,1-3H3,(H,12,13). The van der Waals surface area contributed by atoms with E-state index in [1.807, 2.05) is 13.8 Å². The van der Waals surface area contributed by atoms with Crippen LogP contribution in [0.5, 0.6) is 0 Å². The zero-order chi connectivity index (χ0) is 11.5. The largest absolute Gasteiger partial charge is 0.396 e. The van der Waals surface area contributed by atoms with Crippen molar-refractivity contribution in [3.8, 4) is 0 Å². The maximum Gasteiger partial charge on any atom is 0.157 e. The van der Waals surface area contributed by atoms with Crippen LogP contribution in [-0.4, -0.2) is 40.0 Å². The molecular formula is C10H19BrN2OS. The molecule has 0 saturated carbocycles. The van der Waals surface area contributed by atoms with Gasteiger partial charge in [-0.15, -0.1) is 0 Å². The summed E-state index contributed by atoms with van der Waals surface area (Å²) in [5, 5.41) is 15.0. The average Bonchev–Trinajstić information content (AvgIpc) is 2.56. The Morgan fingerprint density at radius 2 is 2.27 bits per heavy atom. The normalized spacial score (nSPS) is 29.5. The van der Waals surface area contributed by atoms with E-state index in [0.717, 1.165) is 10.5 Å². The van der Waals surface area contributed by atoms with Gasteiger partial charge in [0.1, 0.15) is 0 Å². The van der Waals surface area contributed by atoms with Crippen LogP contribution in [0.4, 0.5) is 0 Å². The summed E-state index contributed by atoms with van der Waals surface area (Å²) in [5.41, 5.74) is -0.120. The molecule has 15 heavy (non-hydrogen) atoms. The molecule has 0 aliphatic carbocycles. The summed E-state index contributed by atoms with van der Waals surface area (Å²) in [7, 11) is 0. The highest BCUT2D eigenvalue weighted by atomic mass is 79.9. The van der Waals surface area contributed by atoms with E-state index in [1.165, 1.54) is 0 Å². The zero-order valence-electron chi connectivity index (χ0n) is 9.46. The van der Waals surface area contributed by atoms with Crippen molar-refractivity contribution in [2.45, 2.75) is 32.1 Å². The predicted octanol–water partition coefficient (Wildman–Crippen LogP) is 1.85. The Morgan fingerprint density at radius 1 is 1.60 bits per heavy atom. The van der Waals surface area contributed by atoms with Gasteiger partial charge in [0.05, 0.1) is 0 Å². The molecule has 0 radical (unpaired) electrons. The summed E-state index contributed by atoms with van der Waals surface area (Å²) in [6.45, 7) is 7.04. The molecule has 3 nitrogen and oxygen atoms in total. The SMILES string of the molecule is CC1NC(=NCC(C)(C)CO)SC1CBr. The van der Waals surface area contributed by atoms with Crippen molar-refractivity contribution in [1.82, 2.24) is 5.32 Å². The van der Waals surface area contributed by atoms with Crippen LogP contribution < -0.4 is 5.32 Å². The molecule has 1 aliphatic rings. The fraction of sp³-hybridized carbons (Fsp3) is 0.900. The minimum absolute atomic E-state index is 0.120. The van der Waals surface area contributed by atoms with Crippen LogP contribution in [0.1, 0.15) is 20.8 Å². The van der Waals surface area contributed by atoms with Crippen molar-refractivity contribution >= 4 is 32.9 Å². The first kappa shape index (κ1) is 13.3. The number of alkyl halides is 1.